The SMILES string of the molecule is N#Cc1cc(Sc2nnc(NCC3CCCO3)s2)nc2ccc(Cl)cc12. The fourth-order valence-corrected chi connectivity index (χ4v) is 4.63. The third-order valence-corrected chi connectivity index (χ3v) is 6.06. The summed E-state index contributed by atoms with van der Waals surface area (Å²) in [6, 6.07) is 9.31. The first-order valence-corrected chi connectivity index (χ1v) is 10.1. The molecule has 3 aromatic rings. The van der Waals surface area contributed by atoms with E-state index in [9.17, 15) is 5.26 Å². The first-order chi connectivity index (χ1) is 12.7. The number of anilines is 1. The Morgan fingerprint density at radius 3 is 3.12 bits per heavy atom. The van der Waals surface area contributed by atoms with Crippen LogP contribution in [-0.2, 0) is 4.74 Å². The number of nitrogens with zero attached hydrogens (tertiary/aromatic N) is 4. The summed E-state index contributed by atoms with van der Waals surface area (Å²) >= 11 is 8.88. The number of nitrogens with one attached hydrogen (secondary N) is 1. The minimum Gasteiger partial charge on any atom is -0.376 e. The highest BCUT2D eigenvalue weighted by molar-refractivity contribution is 8.01. The lowest BCUT2D eigenvalue weighted by Crippen LogP contribution is -2.18. The maximum atomic E-state index is 9.42. The van der Waals surface area contributed by atoms with Crippen molar-refractivity contribution in [1.29, 1.82) is 5.26 Å². The monoisotopic (exact) mass is 403 g/mol. The number of pyridine rings is 1. The summed E-state index contributed by atoms with van der Waals surface area (Å²) in [5.41, 5.74) is 1.28. The molecule has 1 aliphatic rings. The van der Waals surface area contributed by atoms with Crippen LogP contribution in [0.2, 0.25) is 5.02 Å². The van der Waals surface area contributed by atoms with Gasteiger partial charge in [-0.25, -0.2) is 4.98 Å². The zero-order valence-electron chi connectivity index (χ0n) is 13.6. The lowest BCUT2D eigenvalue weighted by atomic mass is 10.1. The number of hydrogen-bond donors (Lipinski definition) is 1. The van der Waals surface area contributed by atoms with Crippen LogP contribution in [0.15, 0.2) is 33.6 Å². The van der Waals surface area contributed by atoms with Crippen molar-refractivity contribution >= 4 is 50.7 Å². The highest BCUT2D eigenvalue weighted by Gasteiger charge is 2.16. The minimum absolute atomic E-state index is 0.252. The molecule has 0 spiro atoms. The molecule has 0 bridgehead atoms. The van der Waals surface area contributed by atoms with Crippen molar-refractivity contribution in [2.24, 2.45) is 0 Å². The largest absolute Gasteiger partial charge is 0.376 e. The molecule has 0 saturated carbocycles. The maximum Gasteiger partial charge on any atom is 0.206 e. The number of halogens is 1. The molecule has 2 aromatic heterocycles. The van der Waals surface area contributed by atoms with Gasteiger partial charge in [0.25, 0.3) is 0 Å². The van der Waals surface area contributed by atoms with Crippen LogP contribution in [0.3, 0.4) is 0 Å². The molecule has 1 aliphatic heterocycles. The maximum absolute atomic E-state index is 9.42. The van der Waals surface area contributed by atoms with Crippen LogP contribution in [0.5, 0.6) is 0 Å². The highest BCUT2D eigenvalue weighted by Crippen LogP contribution is 2.33. The third kappa shape index (κ3) is 3.91. The van der Waals surface area contributed by atoms with Crippen molar-refractivity contribution in [3.63, 3.8) is 0 Å². The Kier molecular flexibility index (Phi) is 5.22. The molecule has 132 valence electrons. The van der Waals surface area contributed by atoms with E-state index in [0.29, 0.717) is 15.6 Å². The molecule has 1 saturated heterocycles. The van der Waals surface area contributed by atoms with Crippen LogP contribution in [0.4, 0.5) is 5.13 Å². The molecule has 1 fully saturated rings. The quantitative estimate of drug-likeness (QED) is 0.677. The molecule has 1 N–H and O–H groups in total. The summed E-state index contributed by atoms with van der Waals surface area (Å²) in [6.07, 6.45) is 2.45. The summed E-state index contributed by atoms with van der Waals surface area (Å²) in [4.78, 5) is 4.59. The molecule has 9 heteroatoms. The van der Waals surface area contributed by atoms with Crippen molar-refractivity contribution < 1.29 is 4.74 Å². The number of hydrogen-bond acceptors (Lipinski definition) is 8. The summed E-state index contributed by atoms with van der Waals surface area (Å²) in [5, 5.41) is 23.8. The van der Waals surface area contributed by atoms with Gasteiger partial charge in [-0.05, 0) is 48.9 Å². The van der Waals surface area contributed by atoms with Gasteiger partial charge in [-0.2, -0.15) is 5.26 Å². The Bertz CT molecular complexity index is 981. The zero-order valence-corrected chi connectivity index (χ0v) is 16.0. The van der Waals surface area contributed by atoms with E-state index in [1.165, 1.54) is 23.1 Å². The first-order valence-electron chi connectivity index (χ1n) is 8.08. The normalized spacial score (nSPS) is 16.7. The summed E-state index contributed by atoms with van der Waals surface area (Å²) < 4.78 is 6.36. The van der Waals surface area contributed by atoms with Gasteiger partial charge < -0.3 is 10.1 Å². The fourth-order valence-electron chi connectivity index (χ4n) is 2.74. The number of benzene rings is 1. The highest BCUT2D eigenvalue weighted by atomic mass is 35.5. The van der Waals surface area contributed by atoms with E-state index < -0.39 is 0 Å². The van der Waals surface area contributed by atoms with Gasteiger partial charge in [0.05, 0.1) is 23.3 Å². The summed E-state index contributed by atoms with van der Waals surface area (Å²) in [5.74, 6) is 0. The van der Waals surface area contributed by atoms with Gasteiger partial charge in [0, 0.05) is 23.6 Å². The average Bonchev–Trinajstić information content (AvgIpc) is 3.31. The van der Waals surface area contributed by atoms with Crippen LogP contribution in [0, 0.1) is 11.3 Å². The van der Waals surface area contributed by atoms with E-state index in [1.807, 2.05) is 6.07 Å². The summed E-state index contributed by atoms with van der Waals surface area (Å²) in [6.45, 7) is 1.58. The van der Waals surface area contributed by atoms with E-state index >= 15 is 0 Å². The molecule has 0 amide bonds. The number of fused-ring (bicyclic) bond motifs is 1. The van der Waals surface area contributed by atoms with E-state index in [4.69, 9.17) is 16.3 Å². The van der Waals surface area contributed by atoms with Gasteiger partial charge in [0.15, 0.2) is 4.34 Å². The van der Waals surface area contributed by atoms with Gasteiger partial charge in [-0.15, -0.1) is 10.2 Å². The van der Waals surface area contributed by atoms with E-state index in [2.05, 4.69) is 26.6 Å². The van der Waals surface area contributed by atoms with E-state index in [0.717, 1.165) is 46.4 Å². The van der Waals surface area contributed by atoms with Crippen molar-refractivity contribution in [2.45, 2.75) is 28.3 Å². The van der Waals surface area contributed by atoms with Crippen LogP contribution in [-0.4, -0.2) is 34.4 Å². The standard InChI is InChI=1S/C17H14ClN5OS2/c18-11-3-4-14-13(7-11)10(8-19)6-15(21-14)25-17-23-22-16(26-17)20-9-12-2-1-5-24-12/h3-4,6-7,12H,1-2,5,9H2,(H,20,22). The van der Waals surface area contributed by atoms with Crippen molar-refractivity contribution in [3.8, 4) is 6.07 Å². The molecular weight excluding hydrogens is 390 g/mol. The molecule has 1 aromatic carbocycles. The Hall–Kier alpha value is -1.92. The second kappa shape index (κ2) is 7.76. The average molecular weight is 404 g/mol. The van der Waals surface area contributed by atoms with Gasteiger partial charge in [0.1, 0.15) is 5.03 Å². The van der Waals surface area contributed by atoms with Crippen LogP contribution in [0.25, 0.3) is 10.9 Å². The smallest absolute Gasteiger partial charge is 0.206 e. The minimum atomic E-state index is 0.252. The second-order valence-electron chi connectivity index (χ2n) is 5.77. The van der Waals surface area contributed by atoms with Gasteiger partial charge in [0.2, 0.25) is 5.13 Å². The third-order valence-electron chi connectivity index (χ3n) is 3.97. The summed E-state index contributed by atoms with van der Waals surface area (Å²) in [7, 11) is 0. The molecule has 0 aliphatic carbocycles. The van der Waals surface area contributed by atoms with E-state index in [1.54, 1.807) is 18.2 Å². The predicted octanol–water partition coefficient (Wildman–Crippen LogP) is 4.35. The van der Waals surface area contributed by atoms with E-state index in [-0.39, 0.29) is 6.10 Å². The molecule has 3 heterocycles. The first kappa shape index (κ1) is 17.5. The molecule has 4 rings (SSSR count). The molecule has 1 unspecified atom stereocenters. The zero-order chi connectivity index (χ0) is 17.9. The number of nitriles is 1. The second-order valence-corrected chi connectivity index (χ2v) is 8.45. The molecule has 1 atom stereocenters. The fraction of sp³-hybridized carbons (Fsp3) is 0.294. The van der Waals surface area contributed by atoms with Gasteiger partial charge >= 0.3 is 0 Å². The van der Waals surface area contributed by atoms with Gasteiger partial charge in [-0.1, -0.05) is 22.9 Å². The Balaban J connectivity index is 1.50. The Morgan fingerprint density at radius 1 is 1.38 bits per heavy atom. The predicted molar refractivity (Wildman–Crippen MR) is 103 cm³/mol. The van der Waals surface area contributed by atoms with Crippen LogP contribution < -0.4 is 5.32 Å². The Morgan fingerprint density at radius 2 is 2.31 bits per heavy atom. The van der Waals surface area contributed by atoms with Crippen LogP contribution >= 0.6 is 34.7 Å². The number of rotatable bonds is 5. The van der Waals surface area contributed by atoms with Crippen molar-refractivity contribution in [3.05, 3.63) is 34.9 Å². The molecule has 26 heavy (non-hydrogen) atoms. The topological polar surface area (TPSA) is 83.7 Å². The number of aromatic nitrogens is 3. The van der Waals surface area contributed by atoms with Crippen molar-refractivity contribution in [2.75, 3.05) is 18.5 Å². The lowest BCUT2D eigenvalue weighted by molar-refractivity contribution is 0.120. The van der Waals surface area contributed by atoms with Crippen LogP contribution in [0.1, 0.15) is 18.4 Å². The molecule has 0 radical (unpaired) electrons. The Labute approximate surface area is 163 Å². The number of ether oxygens (including phenoxy) is 1. The lowest BCUT2D eigenvalue weighted by Gasteiger charge is -2.08. The molecule has 6 nitrogen and oxygen atoms in total. The van der Waals surface area contributed by atoms with Crippen molar-refractivity contribution in [1.82, 2.24) is 15.2 Å². The van der Waals surface area contributed by atoms with Gasteiger partial charge in [-0.3, -0.25) is 0 Å². The molecular formula is C17H14ClN5OS2.